The Morgan fingerprint density at radius 1 is 1.03 bits per heavy atom. The van der Waals surface area contributed by atoms with Crippen molar-refractivity contribution in [3.8, 4) is 0 Å². The Morgan fingerprint density at radius 3 is 2.07 bits per heavy atom. The number of aliphatic hydroxyl groups excluding tert-OH is 1. The minimum absolute atomic E-state index is 0.111. The first-order valence-electron chi connectivity index (χ1n) is 9.72. The van der Waals surface area contributed by atoms with Crippen LogP contribution in [0.4, 0.5) is 0 Å². The number of carboxylic acids is 1. The van der Waals surface area contributed by atoms with Gasteiger partial charge in [0, 0.05) is 12.7 Å². The molecule has 0 radical (unpaired) electrons. The summed E-state index contributed by atoms with van der Waals surface area (Å²) in [5.41, 5.74) is 3.98. The summed E-state index contributed by atoms with van der Waals surface area (Å²) in [6.07, 6.45) is 1.24. The largest absolute Gasteiger partial charge is 0.480 e. The maximum atomic E-state index is 12.4. The van der Waals surface area contributed by atoms with E-state index in [2.05, 4.69) is 29.6 Å². The van der Waals surface area contributed by atoms with Gasteiger partial charge in [0.1, 0.15) is 6.04 Å². The lowest BCUT2D eigenvalue weighted by Crippen LogP contribution is -2.47. The van der Waals surface area contributed by atoms with Crippen LogP contribution in [0, 0.1) is 5.92 Å². The highest BCUT2D eigenvalue weighted by atomic mass is 32.2. The van der Waals surface area contributed by atoms with E-state index in [0.29, 0.717) is 0 Å². The van der Waals surface area contributed by atoms with E-state index in [1.807, 2.05) is 37.3 Å². The van der Waals surface area contributed by atoms with E-state index in [9.17, 15) is 14.4 Å². The molecule has 0 saturated carbocycles. The summed E-state index contributed by atoms with van der Waals surface area (Å²) in [7, 11) is 0. The van der Waals surface area contributed by atoms with E-state index in [0.717, 1.165) is 17.3 Å². The van der Waals surface area contributed by atoms with Crippen molar-refractivity contribution < 1.29 is 24.6 Å². The van der Waals surface area contributed by atoms with Crippen molar-refractivity contribution in [2.24, 2.45) is 5.92 Å². The van der Waals surface area contributed by atoms with Gasteiger partial charge in [-0.2, -0.15) is 0 Å². The summed E-state index contributed by atoms with van der Waals surface area (Å²) in [4.78, 5) is 34.6. The second-order valence-electron chi connectivity index (χ2n) is 7.14. The number of aliphatic hydroxyl groups is 1. The van der Waals surface area contributed by atoms with Crippen molar-refractivity contribution >= 4 is 28.8 Å². The molecular formula is C23H27NO5S. The molecule has 1 aliphatic carbocycles. The lowest BCUT2D eigenvalue weighted by molar-refractivity contribution is -0.143. The Labute approximate surface area is 180 Å². The minimum Gasteiger partial charge on any atom is -0.480 e. The van der Waals surface area contributed by atoms with E-state index >= 15 is 0 Å². The molecule has 3 rings (SSSR count). The molecule has 0 fully saturated rings. The molecule has 3 N–H and O–H groups in total. The normalized spacial score (nSPS) is 14.2. The number of aliphatic carboxylic acids is 1. The Kier molecular flexibility index (Phi) is 9.08. The summed E-state index contributed by atoms with van der Waals surface area (Å²) in [5.74, 6) is -2.33. The number of hydrogen-bond donors (Lipinski definition) is 3. The number of benzene rings is 2. The van der Waals surface area contributed by atoms with Gasteiger partial charge in [-0.3, -0.25) is 9.59 Å². The smallest absolute Gasteiger partial charge is 0.328 e. The fraction of sp³-hybridized carbons (Fsp3) is 0.348. The first kappa shape index (κ1) is 23.6. The Bertz CT molecular complexity index is 850. The maximum absolute atomic E-state index is 12.4. The van der Waals surface area contributed by atoms with E-state index < -0.39 is 30.4 Å². The number of nitrogens with one attached hydrogen (secondary N) is 1. The molecule has 0 aromatic heterocycles. The van der Waals surface area contributed by atoms with Crippen molar-refractivity contribution in [1.82, 2.24) is 5.32 Å². The molecule has 7 heteroatoms. The van der Waals surface area contributed by atoms with Crippen LogP contribution in [-0.4, -0.2) is 45.6 Å². The second kappa shape index (κ2) is 11.5. The summed E-state index contributed by atoms with van der Waals surface area (Å²) < 4.78 is 0. The average molecular weight is 430 g/mol. The van der Waals surface area contributed by atoms with Crippen LogP contribution < -0.4 is 5.32 Å². The highest BCUT2D eigenvalue weighted by Crippen LogP contribution is 2.28. The number of carbonyl (C=O) groups is 3. The first-order chi connectivity index (χ1) is 14.3. The third kappa shape index (κ3) is 7.31. The average Bonchev–Trinajstić information content (AvgIpc) is 3.52. The van der Waals surface area contributed by atoms with E-state index in [-0.39, 0.29) is 16.8 Å². The number of thioether (sulfide) groups is 1. The van der Waals surface area contributed by atoms with E-state index in [1.54, 1.807) is 0 Å². The van der Waals surface area contributed by atoms with Gasteiger partial charge in [0.2, 0.25) is 5.91 Å². The maximum Gasteiger partial charge on any atom is 0.328 e. The zero-order valence-corrected chi connectivity index (χ0v) is 17.9. The number of hydrogen-bond acceptors (Lipinski definition) is 5. The number of fused-ring (bicyclic) bond motifs is 1. The molecule has 0 saturated heterocycles. The van der Waals surface area contributed by atoms with Crippen LogP contribution in [0.1, 0.15) is 36.5 Å². The van der Waals surface area contributed by atoms with Crippen molar-refractivity contribution in [2.45, 2.75) is 32.2 Å². The number of carbonyl (C=O) groups excluding carboxylic acids is 2. The second-order valence-corrected chi connectivity index (χ2v) is 8.33. The SMILES string of the molecule is CC(=O)SCC(C(=O)NC(CO)C(=O)O)C(C)c1ccccc1.c1ccc2c(c1)C2. The van der Waals surface area contributed by atoms with E-state index in [1.165, 1.54) is 24.5 Å². The molecule has 1 aliphatic rings. The van der Waals surface area contributed by atoms with Crippen LogP contribution >= 0.6 is 11.8 Å². The third-order valence-corrected chi connectivity index (χ3v) is 5.84. The van der Waals surface area contributed by atoms with Gasteiger partial charge in [-0.05, 0) is 29.0 Å². The Balaban J connectivity index is 0.000000375. The third-order valence-electron chi connectivity index (χ3n) is 4.90. The predicted octanol–water partition coefficient (Wildman–Crippen LogP) is 2.84. The summed E-state index contributed by atoms with van der Waals surface area (Å²) >= 11 is 1.02. The van der Waals surface area contributed by atoms with Crippen molar-refractivity contribution in [1.29, 1.82) is 0 Å². The van der Waals surface area contributed by atoms with E-state index in [4.69, 9.17) is 10.2 Å². The lowest BCUT2D eigenvalue weighted by Gasteiger charge is -2.24. The molecule has 0 heterocycles. The van der Waals surface area contributed by atoms with Gasteiger partial charge in [0.05, 0.1) is 12.5 Å². The molecular weight excluding hydrogens is 402 g/mol. The molecule has 2 aromatic rings. The lowest BCUT2D eigenvalue weighted by atomic mass is 9.88. The molecule has 0 aliphatic heterocycles. The number of amides is 1. The molecule has 30 heavy (non-hydrogen) atoms. The van der Waals surface area contributed by atoms with Crippen molar-refractivity contribution in [2.75, 3.05) is 12.4 Å². The zero-order valence-electron chi connectivity index (χ0n) is 17.1. The quantitative estimate of drug-likeness (QED) is 0.509. The molecule has 160 valence electrons. The van der Waals surface area contributed by atoms with Crippen LogP contribution in [-0.2, 0) is 20.8 Å². The van der Waals surface area contributed by atoms with Crippen LogP contribution in [0.3, 0.4) is 0 Å². The molecule has 1 amide bonds. The van der Waals surface area contributed by atoms with Crippen LogP contribution in [0.2, 0.25) is 0 Å². The summed E-state index contributed by atoms with van der Waals surface area (Å²) in [5, 5.41) is 20.2. The van der Waals surface area contributed by atoms with Gasteiger partial charge < -0.3 is 15.5 Å². The molecule has 3 unspecified atom stereocenters. The summed E-state index contributed by atoms with van der Waals surface area (Å²) in [6.45, 7) is 2.59. The van der Waals surface area contributed by atoms with Crippen LogP contribution in [0.5, 0.6) is 0 Å². The molecule has 6 nitrogen and oxygen atoms in total. The fourth-order valence-corrected chi connectivity index (χ4v) is 3.80. The topological polar surface area (TPSA) is 104 Å². The molecule has 2 aromatic carbocycles. The molecule has 3 atom stereocenters. The van der Waals surface area contributed by atoms with Crippen LogP contribution in [0.15, 0.2) is 54.6 Å². The first-order valence-corrected chi connectivity index (χ1v) is 10.7. The van der Waals surface area contributed by atoms with Gasteiger partial charge in [0.25, 0.3) is 0 Å². The highest BCUT2D eigenvalue weighted by molar-refractivity contribution is 8.13. The van der Waals surface area contributed by atoms with Gasteiger partial charge in [-0.1, -0.05) is 73.3 Å². The predicted molar refractivity (Wildman–Crippen MR) is 117 cm³/mol. The fourth-order valence-electron chi connectivity index (χ4n) is 2.94. The zero-order chi connectivity index (χ0) is 22.1. The highest BCUT2D eigenvalue weighted by Gasteiger charge is 2.30. The number of carboxylic acid groups (broad SMARTS) is 1. The van der Waals surface area contributed by atoms with Crippen molar-refractivity contribution in [3.05, 3.63) is 71.3 Å². The van der Waals surface area contributed by atoms with Gasteiger partial charge in [-0.15, -0.1) is 0 Å². The minimum atomic E-state index is -1.35. The van der Waals surface area contributed by atoms with Gasteiger partial charge >= 0.3 is 5.97 Å². The standard InChI is InChI=1S/C16H21NO5S.C7H6/c1-10(12-6-4-3-5-7-12)13(9-23-11(2)19)15(20)17-14(8-18)16(21)22;1-2-4-7-5-6(7)3-1/h3-7,10,13-14,18H,8-9H2,1-2H3,(H,17,20)(H,21,22);1-4H,5H2. The monoisotopic (exact) mass is 429 g/mol. The molecule has 0 spiro atoms. The van der Waals surface area contributed by atoms with Gasteiger partial charge in [-0.25, -0.2) is 4.79 Å². The Hall–Kier alpha value is -2.64. The Morgan fingerprint density at radius 2 is 1.60 bits per heavy atom. The molecule has 0 bridgehead atoms. The van der Waals surface area contributed by atoms with Crippen LogP contribution in [0.25, 0.3) is 0 Å². The number of rotatable bonds is 8. The van der Waals surface area contributed by atoms with Crippen molar-refractivity contribution in [3.63, 3.8) is 0 Å². The van der Waals surface area contributed by atoms with Gasteiger partial charge in [0.15, 0.2) is 5.12 Å². The summed E-state index contributed by atoms with van der Waals surface area (Å²) in [6, 6.07) is 16.5.